The van der Waals surface area contributed by atoms with E-state index in [9.17, 15) is 5.26 Å². The summed E-state index contributed by atoms with van der Waals surface area (Å²) < 4.78 is 0. The Morgan fingerprint density at radius 2 is 2.12 bits per heavy atom. The highest BCUT2D eigenvalue weighted by Gasteiger charge is 2.35. The van der Waals surface area contributed by atoms with Crippen molar-refractivity contribution >= 4 is 0 Å². The third-order valence-corrected chi connectivity index (χ3v) is 3.64. The van der Waals surface area contributed by atoms with Crippen molar-refractivity contribution in [1.82, 2.24) is 5.32 Å². The normalized spacial score (nSPS) is 27.6. The third kappa shape index (κ3) is 4.26. The van der Waals surface area contributed by atoms with Crippen molar-refractivity contribution in [1.29, 1.82) is 5.26 Å². The number of rotatable bonds is 4. The molecule has 0 bridgehead atoms. The van der Waals surface area contributed by atoms with Gasteiger partial charge >= 0.3 is 0 Å². The second kappa shape index (κ2) is 5.90. The highest BCUT2D eigenvalue weighted by atomic mass is 15.1. The molecule has 0 aromatic carbocycles. The van der Waals surface area contributed by atoms with Crippen molar-refractivity contribution in [3.05, 3.63) is 10.4 Å². The molecule has 0 amide bonds. The molecule has 1 N–H and O–H groups in total. The Labute approximate surface area is 103 Å². The minimum Gasteiger partial charge on any atom is -0.299 e. The summed E-state index contributed by atoms with van der Waals surface area (Å²) in [7, 11) is 0. The quantitative estimate of drug-likeness (QED) is 0.267. The van der Waals surface area contributed by atoms with Gasteiger partial charge in [-0.3, -0.25) is 5.32 Å². The highest BCUT2D eigenvalue weighted by Crippen LogP contribution is 2.37. The van der Waals surface area contributed by atoms with E-state index in [1.165, 1.54) is 6.42 Å². The first-order chi connectivity index (χ1) is 8.04. The first-order valence-electron chi connectivity index (χ1n) is 6.21. The molecule has 5 nitrogen and oxygen atoms in total. The summed E-state index contributed by atoms with van der Waals surface area (Å²) in [6.07, 6.45) is 5.09. The largest absolute Gasteiger partial charge is 0.299 e. The number of hydrogen-bond donors (Lipinski definition) is 1. The van der Waals surface area contributed by atoms with Crippen molar-refractivity contribution in [3.8, 4) is 6.07 Å². The van der Waals surface area contributed by atoms with Crippen LogP contribution in [0.1, 0.15) is 46.0 Å². The monoisotopic (exact) mass is 235 g/mol. The molecule has 0 aromatic rings. The molecule has 17 heavy (non-hydrogen) atoms. The van der Waals surface area contributed by atoms with Crippen molar-refractivity contribution in [2.75, 3.05) is 13.1 Å². The van der Waals surface area contributed by atoms with Crippen LogP contribution in [0.15, 0.2) is 5.11 Å². The number of nitrogens with zero attached hydrogens (tertiary/aromatic N) is 4. The number of azide groups is 1. The van der Waals surface area contributed by atoms with Gasteiger partial charge in [0.05, 0.1) is 6.07 Å². The van der Waals surface area contributed by atoms with E-state index in [-0.39, 0.29) is 0 Å². The van der Waals surface area contributed by atoms with Crippen LogP contribution in [0, 0.1) is 16.7 Å². The Bertz CT molecular complexity index is 337. The Morgan fingerprint density at radius 1 is 1.35 bits per heavy atom. The smallest absolute Gasteiger partial charge is 0.106 e. The number of nitriles is 1. The van der Waals surface area contributed by atoms with E-state index < -0.39 is 5.54 Å². The molecular weight excluding hydrogens is 214 g/mol. The lowest BCUT2D eigenvalue weighted by Gasteiger charge is -2.27. The number of hydrogen-bond acceptors (Lipinski definition) is 3. The lowest BCUT2D eigenvalue weighted by atomic mass is 9.84. The maximum atomic E-state index is 9.38. The van der Waals surface area contributed by atoms with E-state index in [2.05, 4.69) is 35.3 Å². The first kappa shape index (κ1) is 13.8. The summed E-state index contributed by atoms with van der Waals surface area (Å²) in [6.45, 7) is 5.52. The van der Waals surface area contributed by atoms with Crippen LogP contribution in [0.4, 0.5) is 0 Å². The van der Waals surface area contributed by atoms with Gasteiger partial charge in [0.2, 0.25) is 0 Å². The molecule has 1 fully saturated rings. The third-order valence-electron chi connectivity index (χ3n) is 3.64. The fraction of sp³-hybridized carbons (Fsp3) is 0.917. The molecule has 0 saturated heterocycles. The zero-order valence-corrected chi connectivity index (χ0v) is 10.7. The van der Waals surface area contributed by atoms with Crippen molar-refractivity contribution in [2.24, 2.45) is 10.5 Å². The minimum atomic E-state index is -0.418. The maximum Gasteiger partial charge on any atom is 0.106 e. The van der Waals surface area contributed by atoms with Crippen LogP contribution < -0.4 is 5.32 Å². The molecule has 1 saturated carbocycles. The van der Waals surface area contributed by atoms with E-state index >= 15 is 0 Å². The van der Waals surface area contributed by atoms with Gasteiger partial charge in [0.15, 0.2) is 0 Å². The van der Waals surface area contributed by atoms with E-state index in [1.54, 1.807) is 0 Å². The van der Waals surface area contributed by atoms with Crippen molar-refractivity contribution < 1.29 is 0 Å². The summed E-state index contributed by atoms with van der Waals surface area (Å²) in [5.41, 5.74) is 8.12. The van der Waals surface area contributed by atoms with Gasteiger partial charge in [0.25, 0.3) is 0 Å². The van der Waals surface area contributed by atoms with Gasteiger partial charge in [0.1, 0.15) is 5.54 Å². The summed E-state index contributed by atoms with van der Waals surface area (Å²) in [5.74, 6) is 0. The summed E-state index contributed by atoms with van der Waals surface area (Å²) >= 11 is 0. The second-order valence-electron chi connectivity index (χ2n) is 5.59. The van der Waals surface area contributed by atoms with Gasteiger partial charge in [-0.15, -0.1) is 0 Å². The molecule has 0 heterocycles. The number of nitrogens with one attached hydrogen (secondary N) is 1. The van der Waals surface area contributed by atoms with Gasteiger partial charge in [-0.2, -0.15) is 5.26 Å². The molecule has 1 atom stereocenters. The minimum absolute atomic E-state index is 0.338. The molecule has 0 spiro atoms. The molecule has 0 radical (unpaired) electrons. The second-order valence-corrected chi connectivity index (χ2v) is 5.59. The van der Waals surface area contributed by atoms with Crippen molar-refractivity contribution in [3.63, 3.8) is 0 Å². The molecule has 0 aliphatic heterocycles. The lowest BCUT2D eigenvalue weighted by Crippen LogP contribution is -2.44. The SMILES string of the molecule is CC1(C)CCCC(C#N)(NCCN=[N+]=[N-])CC1. The van der Waals surface area contributed by atoms with E-state index in [0.717, 1.165) is 25.7 Å². The zero-order valence-electron chi connectivity index (χ0n) is 10.7. The highest BCUT2D eigenvalue weighted by molar-refractivity contribution is 5.08. The molecule has 1 unspecified atom stereocenters. The van der Waals surface area contributed by atoms with E-state index in [4.69, 9.17) is 5.53 Å². The fourth-order valence-corrected chi connectivity index (χ4v) is 2.39. The molecule has 0 aromatic heterocycles. The summed E-state index contributed by atoms with van der Waals surface area (Å²) in [5, 5.41) is 16.1. The van der Waals surface area contributed by atoms with Crippen LogP contribution in [-0.2, 0) is 0 Å². The molecular formula is C12H21N5. The van der Waals surface area contributed by atoms with Crippen LogP contribution in [0.3, 0.4) is 0 Å². The van der Waals surface area contributed by atoms with Crippen LogP contribution in [0.25, 0.3) is 10.4 Å². The maximum absolute atomic E-state index is 9.38. The topological polar surface area (TPSA) is 84.6 Å². The Hall–Kier alpha value is -1.24. The van der Waals surface area contributed by atoms with Crippen LogP contribution in [0.2, 0.25) is 0 Å². The zero-order chi connectivity index (χ0) is 12.8. The predicted molar refractivity (Wildman–Crippen MR) is 67.2 cm³/mol. The fourth-order valence-electron chi connectivity index (χ4n) is 2.39. The van der Waals surface area contributed by atoms with Crippen molar-refractivity contribution in [2.45, 2.75) is 51.5 Å². The van der Waals surface area contributed by atoms with Gasteiger partial charge in [-0.05, 0) is 36.6 Å². The van der Waals surface area contributed by atoms with E-state index in [0.29, 0.717) is 18.5 Å². The van der Waals surface area contributed by atoms with Crippen LogP contribution in [0.5, 0.6) is 0 Å². The first-order valence-corrected chi connectivity index (χ1v) is 6.21. The van der Waals surface area contributed by atoms with Gasteiger partial charge < -0.3 is 0 Å². The predicted octanol–water partition coefficient (Wildman–Crippen LogP) is 3.14. The molecule has 94 valence electrons. The van der Waals surface area contributed by atoms with E-state index in [1.807, 2.05) is 0 Å². The summed E-state index contributed by atoms with van der Waals surface area (Å²) in [6, 6.07) is 2.43. The Kier molecular flexibility index (Phi) is 4.80. The molecule has 1 rings (SSSR count). The van der Waals surface area contributed by atoms with Gasteiger partial charge in [-0.25, -0.2) is 0 Å². The summed E-state index contributed by atoms with van der Waals surface area (Å²) in [4.78, 5) is 2.71. The van der Waals surface area contributed by atoms with Gasteiger partial charge in [0, 0.05) is 18.0 Å². The average Bonchev–Trinajstić information content (AvgIpc) is 2.45. The lowest BCUT2D eigenvalue weighted by molar-refractivity contribution is 0.299. The molecule has 5 heteroatoms. The van der Waals surface area contributed by atoms with Crippen LogP contribution >= 0.6 is 0 Å². The van der Waals surface area contributed by atoms with Crippen LogP contribution in [-0.4, -0.2) is 18.6 Å². The average molecular weight is 235 g/mol. The Balaban J connectivity index is 2.56. The standard InChI is InChI=1S/C12H21N5/c1-11(2)4-3-5-12(10-13,7-6-11)15-8-9-16-17-14/h15H,3-9H2,1-2H3. The molecule has 1 aliphatic carbocycles. The Morgan fingerprint density at radius 3 is 2.76 bits per heavy atom. The van der Waals surface area contributed by atoms with Gasteiger partial charge in [-0.1, -0.05) is 25.4 Å². The molecule has 1 aliphatic rings.